The molecule has 5 nitrogen and oxygen atoms in total. The molecule has 0 heterocycles. The predicted octanol–water partition coefficient (Wildman–Crippen LogP) is 2.74. The second-order valence-corrected chi connectivity index (χ2v) is 6.08. The molecule has 2 aromatic rings. The van der Waals surface area contributed by atoms with E-state index in [1.54, 1.807) is 54.6 Å². The number of benzene rings is 2. The molecule has 104 valence electrons. The normalized spacial score (nSPS) is 13.4. The van der Waals surface area contributed by atoms with E-state index in [9.17, 15) is 9.46 Å². The Hall–Kier alpha value is -2.10. The zero-order valence-corrected chi connectivity index (χ0v) is 11.6. The molecule has 6 heteroatoms. The molecule has 0 bridgehead atoms. The molecule has 0 fully saturated rings. The average molecular weight is 290 g/mol. The van der Waals surface area contributed by atoms with Crippen LogP contribution in [0.4, 0.5) is 0 Å². The number of rotatable bonds is 5. The van der Waals surface area contributed by atoms with Gasteiger partial charge in [0.15, 0.2) is 0 Å². The van der Waals surface area contributed by atoms with E-state index < -0.39 is 7.60 Å². The molecule has 1 atom stereocenters. The Kier molecular flexibility index (Phi) is 4.23. The highest BCUT2D eigenvalue weighted by Crippen LogP contribution is 2.45. The second-order valence-electron chi connectivity index (χ2n) is 4.31. The van der Waals surface area contributed by atoms with Gasteiger partial charge in [0.05, 0.1) is 6.16 Å². The van der Waals surface area contributed by atoms with Gasteiger partial charge in [0.2, 0.25) is 0 Å². The van der Waals surface area contributed by atoms with E-state index in [1.165, 1.54) is 0 Å². The fourth-order valence-corrected chi connectivity index (χ4v) is 2.89. The highest BCUT2D eigenvalue weighted by atomic mass is 31.2. The first-order chi connectivity index (χ1) is 9.46. The van der Waals surface area contributed by atoms with Gasteiger partial charge in [-0.1, -0.05) is 42.5 Å². The van der Waals surface area contributed by atoms with Gasteiger partial charge in [-0.05, 0) is 17.7 Å². The van der Waals surface area contributed by atoms with Gasteiger partial charge in [0, 0.05) is 5.56 Å². The highest BCUT2D eigenvalue weighted by Gasteiger charge is 2.21. The maximum absolute atomic E-state index is 12.0. The third-order valence-corrected chi connectivity index (χ3v) is 3.90. The molecule has 0 aliphatic carbocycles. The van der Waals surface area contributed by atoms with Gasteiger partial charge in [0.25, 0.3) is 0 Å². The minimum atomic E-state index is -3.76. The molecule has 1 unspecified atom stereocenters. The topological polar surface area (TPSA) is 96.4 Å². The predicted molar refractivity (Wildman–Crippen MR) is 78.1 cm³/mol. The summed E-state index contributed by atoms with van der Waals surface area (Å²) in [6.45, 7) is 0. The van der Waals surface area contributed by atoms with Crippen molar-refractivity contribution < 1.29 is 14.0 Å². The lowest BCUT2D eigenvalue weighted by Crippen LogP contribution is -2.10. The van der Waals surface area contributed by atoms with Crippen molar-refractivity contribution in [1.82, 2.24) is 0 Å². The van der Waals surface area contributed by atoms with Crippen molar-refractivity contribution in [3.05, 3.63) is 65.7 Å². The summed E-state index contributed by atoms with van der Waals surface area (Å²) in [5.74, 6) is 0.322. The van der Waals surface area contributed by atoms with Crippen LogP contribution in [0.1, 0.15) is 11.1 Å². The van der Waals surface area contributed by atoms with E-state index in [0.29, 0.717) is 16.9 Å². The van der Waals surface area contributed by atoms with Crippen LogP contribution in [0.25, 0.3) is 0 Å². The van der Waals surface area contributed by atoms with Crippen LogP contribution >= 0.6 is 7.60 Å². The van der Waals surface area contributed by atoms with Crippen LogP contribution in [0.15, 0.2) is 54.6 Å². The molecule has 0 saturated heterocycles. The molecule has 0 saturated carbocycles. The molecule has 0 spiro atoms. The number of amidine groups is 1. The first kappa shape index (κ1) is 14.3. The monoisotopic (exact) mass is 290 g/mol. The Bertz CT molecular complexity index is 641. The molecule has 0 aliphatic heterocycles. The third-order valence-electron chi connectivity index (χ3n) is 2.64. The molecule has 0 radical (unpaired) electrons. The first-order valence-electron chi connectivity index (χ1n) is 5.96. The molecule has 0 amide bonds. The third kappa shape index (κ3) is 3.95. The van der Waals surface area contributed by atoms with E-state index in [0.717, 1.165) is 0 Å². The van der Waals surface area contributed by atoms with Crippen molar-refractivity contribution in [1.29, 1.82) is 5.41 Å². The van der Waals surface area contributed by atoms with Gasteiger partial charge in [-0.2, -0.15) is 0 Å². The number of para-hydroxylation sites is 1. The fraction of sp³-hybridized carbons (Fsp3) is 0.0714. The Morgan fingerprint density at radius 3 is 2.30 bits per heavy atom. The minimum Gasteiger partial charge on any atom is -0.424 e. The van der Waals surface area contributed by atoms with Gasteiger partial charge in [-0.25, -0.2) is 4.57 Å². The van der Waals surface area contributed by atoms with E-state index in [-0.39, 0.29) is 12.0 Å². The van der Waals surface area contributed by atoms with Crippen molar-refractivity contribution in [2.75, 3.05) is 0 Å². The number of nitrogens with two attached hydrogens (primary N) is 1. The SMILES string of the molecule is N=C(N)c1ccc(CP(=O)(O)Oc2ccccc2)cc1. The quantitative estimate of drug-likeness (QED) is 0.448. The maximum Gasteiger partial charge on any atom is 0.380 e. The Morgan fingerprint density at radius 2 is 1.75 bits per heavy atom. The van der Waals surface area contributed by atoms with Crippen molar-refractivity contribution >= 4 is 13.4 Å². The fourth-order valence-electron chi connectivity index (χ4n) is 1.70. The minimum absolute atomic E-state index is 0.0377. The van der Waals surface area contributed by atoms with Crippen molar-refractivity contribution in [2.45, 2.75) is 6.16 Å². The van der Waals surface area contributed by atoms with Crippen LogP contribution in [0.5, 0.6) is 5.75 Å². The molecule has 0 aromatic heterocycles. The van der Waals surface area contributed by atoms with Crippen LogP contribution in [-0.2, 0) is 10.7 Å². The lowest BCUT2D eigenvalue weighted by atomic mass is 10.1. The van der Waals surface area contributed by atoms with E-state index in [2.05, 4.69) is 0 Å². The lowest BCUT2D eigenvalue weighted by molar-refractivity contribution is 0.378. The smallest absolute Gasteiger partial charge is 0.380 e. The number of nitrogens with one attached hydrogen (secondary N) is 1. The van der Waals surface area contributed by atoms with Crippen LogP contribution in [0, 0.1) is 5.41 Å². The van der Waals surface area contributed by atoms with E-state index >= 15 is 0 Å². The summed E-state index contributed by atoms with van der Waals surface area (Å²) in [6.07, 6.45) is -0.0971. The molecule has 2 aromatic carbocycles. The van der Waals surface area contributed by atoms with Crippen molar-refractivity contribution in [3.8, 4) is 5.75 Å². The highest BCUT2D eigenvalue weighted by molar-refractivity contribution is 7.52. The summed E-state index contributed by atoms with van der Waals surface area (Å²) < 4.78 is 17.2. The molecule has 4 N–H and O–H groups in total. The Labute approximate surface area is 117 Å². The van der Waals surface area contributed by atoms with E-state index in [4.69, 9.17) is 15.7 Å². The molecule has 0 aliphatic rings. The maximum atomic E-state index is 12.0. The number of hydrogen-bond acceptors (Lipinski definition) is 3. The van der Waals surface area contributed by atoms with Gasteiger partial charge < -0.3 is 15.2 Å². The van der Waals surface area contributed by atoms with Crippen molar-refractivity contribution in [3.63, 3.8) is 0 Å². The van der Waals surface area contributed by atoms with Gasteiger partial charge >= 0.3 is 7.60 Å². The molecule has 2 rings (SSSR count). The van der Waals surface area contributed by atoms with Crippen LogP contribution in [-0.4, -0.2) is 10.7 Å². The standard InChI is InChI=1S/C14H15N2O3P/c15-14(16)12-8-6-11(7-9-12)10-20(17,18)19-13-4-2-1-3-5-13/h1-9H,10H2,(H3,15,16)(H,17,18). The van der Waals surface area contributed by atoms with Crippen molar-refractivity contribution in [2.24, 2.45) is 5.73 Å². The van der Waals surface area contributed by atoms with Gasteiger partial charge in [-0.15, -0.1) is 0 Å². The van der Waals surface area contributed by atoms with E-state index in [1.807, 2.05) is 0 Å². The summed E-state index contributed by atoms with van der Waals surface area (Å²) in [5, 5.41) is 7.28. The number of hydrogen-bond donors (Lipinski definition) is 3. The zero-order chi connectivity index (χ0) is 14.6. The zero-order valence-electron chi connectivity index (χ0n) is 10.7. The lowest BCUT2D eigenvalue weighted by Gasteiger charge is -2.13. The largest absolute Gasteiger partial charge is 0.424 e. The van der Waals surface area contributed by atoms with Gasteiger partial charge in [0.1, 0.15) is 11.6 Å². The summed E-state index contributed by atoms with van der Waals surface area (Å²) in [5.41, 5.74) is 6.57. The van der Waals surface area contributed by atoms with Crippen LogP contribution in [0.2, 0.25) is 0 Å². The Balaban J connectivity index is 2.08. The Morgan fingerprint density at radius 1 is 1.15 bits per heavy atom. The summed E-state index contributed by atoms with van der Waals surface area (Å²) in [4.78, 5) is 9.87. The summed E-state index contributed by atoms with van der Waals surface area (Å²) in [6, 6.07) is 15.1. The number of nitrogen functional groups attached to an aromatic ring is 1. The van der Waals surface area contributed by atoms with Gasteiger partial charge in [-0.3, -0.25) is 5.41 Å². The molecule has 20 heavy (non-hydrogen) atoms. The van der Waals surface area contributed by atoms with Crippen LogP contribution in [0.3, 0.4) is 0 Å². The average Bonchev–Trinajstić information content (AvgIpc) is 2.39. The summed E-state index contributed by atoms with van der Waals surface area (Å²) in [7, 11) is -3.76. The van der Waals surface area contributed by atoms with Crippen LogP contribution < -0.4 is 10.3 Å². The molecular formula is C14H15N2O3P. The second kappa shape index (κ2) is 5.90. The first-order valence-corrected chi connectivity index (χ1v) is 7.72. The summed E-state index contributed by atoms with van der Waals surface area (Å²) >= 11 is 0. The molecular weight excluding hydrogens is 275 g/mol.